The molecule has 7 heteroatoms. The number of benzene rings is 3. The Balaban J connectivity index is 1.79. The molecular formula is C24H20F2N4O. The van der Waals surface area contributed by atoms with Crippen molar-refractivity contribution in [1.29, 1.82) is 0 Å². The van der Waals surface area contributed by atoms with Crippen LogP contribution in [-0.4, -0.2) is 22.5 Å². The number of carbonyl (C=O) groups excluding carboxylic acids is 1. The molecule has 3 aromatic carbocycles. The normalized spacial score (nSPS) is 10.8. The van der Waals surface area contributed by atoms with Gasteiger partial charge in [-0.05, 0) is 73.2 Å². The van der Waals surface area contributed by atoms with Gasteiger partial charge in [0.15, 0.2) is 0 Å². The van der Waals surface area contributed by atoms with Gasteiger partial charge in [-0.3, -0.25) is 0 Å². The molecule has 2 amide bonds. The fourth-order valence-corrected chi connectivity index (χ4v) is 3.23. The number of aromatic nitrogens is 2. The van der Waals surface area contributed by atoms with Crippen LogP contribution in [0.4, 0.5) is 13.6 Å². The summed E-state index contributed by atoms with van der Waals surface area (Å²) in [6, 6.07) is 17.3. The fourth-order valence-electron chi connectivity index (χ4n) is 3.23. The maximum atomic E-state index is 13.5. The van der Waals surface area contributed by atoms with Crippen LogP contribution in [0.5, 0.6) is 0 Å². The van der Waals surface area contributed by atoms with Gasteiger partial charge >= 0.3 is 6.03 Å². The molecule has 1 aromatic heterocycles. The number of hydrogen-bond acceptors (Lipinski definition) is 3. The summed E-state index contributed by atoms with van der Waals surface area (Å²) in [6.45, 7) is 2.73. The highest BCUT2D eigenvalue weighted by atomic mass is 19.1. The van der Waals surface area contributed by atoms with E-state index in [1.807, 2.05) is 25.1 Å². The molecule has 0 bridgehead atoms. The number of fused-ring (bicyclic) bond motifs is 1. The summed E-state index contributed by atoms with van der Waals surface area (Å²) in [5, 5.41) is 5.47. The second-order valence-electron chi connectivity index (χ2n) is 6.97. The van der Waals surface area contributed by atoms with Gasteiger partial charge in [-0.25, -0.2) is 23.5 Å². The molecule has 4 rings (SSSR count). The standard InChI is InChI=1S/C24H20F2N4O/c1-2-27-24(31)28-14-15-3-12-20-21(13-15)30-23(17-6-10-19(26)11-7-17)22(29-20)16-4-8-18(25)9-5-16/h3-13H,2,14H2,1H3,(H2,27,28,31). The molecule has 5 nitrogen and oxygen atoms in total. The summed E-state index contributed by atoms with van der Waals surface area (Å²) in [7, 11) is 0. The van der Waals surface area contributed by atoms with Gasteiger partial charge in [0.25, 0.3) is 0 Å². The van der Waals surface area contributed by atoms with Crippen molar-refractivity contribution in [2.45, 2.75) is 13.5 Å². The second kappa shape index (κ2) is 8.87. The van der Waals surface area contributed by atoms with Crippen LogP contribution >= 0.6 is 0 Å². The van der Waals surface area contributed by atoms with E-state index in [4.69, 9.17) is 9.97 Å². The van der Waals surface area contributed by atoms with Crippen LogP contribution in [0.3, 0.4) is 0 Å². The molecular weight excluding hydrogens is 398 g/mol. The van der Waals surface area contributed by atoms with Gasteiger partial charge in [-0.1, -0.05) is 6.07 Å². The second-order valence-corrected chi connectivity index (χ2v) is 6.97. The molecule has 31 heavy (non-hydrogen) atoms. The van der Waals surface area contributed by atoms with E-state index in [0.717, 1.165) is 5.56 Å². The Bertz CT molecular complexity index is 1230. The highest BCUT2D eigenvalue weighted by Gasteiger charge is 2.14. The highest BCUT2D eigenvalue weighted by molar-refractivity contribution is 5.86. The Morgan fingerprint density at radius 3 is 1.87 bits per heavy atom. The number of nitrogens with one attached hydrogen (secondary N) is 2. The van der Waals surface area contributed by atoms with Crippen LogP contribution < -0.4 is 10.6 Å². The Hall–Kier alpha value is -3.87. The van der Waals surface area contributed by atoms with Crippen molar-refractivity contribution in [3.05, 3.63) is 83.9 Å². The zero-order valence-corrected chi connectivity index (χ0v) is 16.8. The van der Waals surface area contributed by atoms with E-state index in [9.17, 15) is 13.6 Å². The first-order valence-corrected chi connectivity index (χ1v) is 9.88. The predicted molar refractivity (Wildman–Crippen MR) is 116 cm³/mol. The topological polar surface area (TPSA) is 66.9 Å². The third-order valence-corrected chi connectivity index (χ3v) is 4.75. The molecule has 0 aliphatic heterocycles. The Labute approximate surface area is 178 Å². The summed E-state index contributed by atoms with van der Waals surface area (Å²) in [5.41, 5.74) is 4.71. The molecule has 0 atom stereocenters. The van der Waals surface area contributed by atoms with Crippen molar-refractivity contribution in [1.82, 2.24) is 20.6 Å². The molecule has 0 saturated carbocycles. The fraction of sp³-hybridized carbons (Fsp3) is 0.125. The van der Waals surface area contributed by atoms with Crippen LogP contribution in [-0.2, 0) is 6.54 Å². The number of hydrogen-bond donors (Lipinski definition) is 2. The molecule has 2 N–H and O–H groups in total. The summed E-state index contributed by atoms with van der Waals surface area (Å²) in [5.74, 6) is -0.690. The van der Waals surface area contributed by atoms with Gasteiger partial charge in [0.05, 0.1) is 22.4 Å². The van der Waals surface area contributed by atoms with Gasteiger partial charge < -0.3 is 10.6 Å². The van der Waals surface area contributed by atoms with Crippen LogP contribution in [0.25, 0.3) is 33.5 Å². The summed E-state index contributed by atoms with van der Waals surface area (Å²) < 4.78 is 26.9. The molecule has 0 aliphatic rings. The van der Waals surface area contributed by atoms with E-state index in [2.05, 4.69) is 10.6 Å². The first kappa shape index (κ1) is 20.4. The molecule has 0 spiro atoms. The first-order valence-electron chi connectivity index (χ1n) is 9.88. The number of amides is 2. The number of urea groups is 1. The van der Waals surface area contributed by atoms with Gasteiger partial charge in [0.2, 0.25) is 0 Å². The molecule has 0 saturated heterocycles. The molecule has 0 unspecified atom stereocenters. The van der Waals surface area contributed by atoms with Gasteiger partial charge in [-0.15, -0.1) is 0 Å². The molecule has 0 aliphatic carbocycles. The van der Waals surface area contributed by atoms with Crippen LogP contribution in [0.2, 0.25) is 0 Å². The first-order chi connectivity index (χ1) is 15.0. The van der Waals surface area contributed by atoms with Crippen molar-refractivity contribution >= 4 is 17.1 Å². The molecule has 0 radical (unpaired) electrons. The third kappa shape index (κ3) is 4.66. The van der Waals surface area contributed by atoms with Gasteiger partial charge in [0, 0.05) is 24.2 Å². The van der Waals surface area contributed by atoms with Gasteiger partial charge in [-0.2, -0.15) is 0 Å². The van der Waals surface area contributed by atoms with Crippen LogP contribution in [0.1, 0.15) is 12.5 Å². The smallest absolute Gasteiger partial charge is 0.315 e. The maximum Gasteiger partial charge on any atom is 0.315 e. The molecule has 1 heterocycles. The third-order valence-electron chi connectivity index (χ3n) is 4.75. The van der Waals surface area contributed by atoms with Crippen molar-refractivity contribution < 1.29 is 13.6 Å². The maximum absolute atomic E-state index is 13.5. The number of nitrogens with zero attached hydrogens (tertiary/aromatic N) is 2. The lowest BCUT2D eigenvalue weighted by Crippen LogP contribution is -2.34. The lowest BCUT2D eigenvalue weighted by atomic mass is 10.0. The average molecular weight is 418 g/mol. The van der Waals surface area contributed by atoms with Crippen LogP contribution in [0.15, 0.2) is 66.7 Å². The van der Waals surface area contributed by atoms with Crippen molar-refractivity contribution in [2.75, 3.05) is 6.54 Å². The molecule has 0 fully saturated rings. The summed E-state index contributed by atoms with van der Waals surface area (Å²) in [6.07, 6.45) is 0. The lowest BCUT2D eigenvalue weighted by molar-refractivity contribution is 0.241. The Kier molecular flexibility index (Phi) is 5.84. The van der Waals surface area contributed by atoms with E-state index in [-0.39, 0.29) is 17.7 Å². The van der Waals surface area contributed by atoms with E-state index in [1.54, 1.807) is 24.3 Å². The van der Waals surface area contributed by atoms with Crippen molar-refractivity contribution in [3.8, 4) is 22.5 Å². The minimum absolute atomic E-state index is 0.243. The Morgan fingerprint density at radius 1 is 0.774 bits per heavy atom. The van der Waals surface area contributed by atoms with E-state index in [0.29, 0.717) is 46.6 Å². The van der Waals surface area contributed by atoms with Crippen molar-refractivity contribution in [2.24, 2.45) is 0 Å². The largest absolute Gasteiger partial charge is 0.338 e. The zero-order valence-electron chi connectivity index (χ0n) is 16.8. The molecule has 4 aromatic rings. The SMILES string of the molecule is CCNC(=O)NCc1ccc2nc(-c3ccc(F)cc3)c(-c3ccc(F)cc3)nc2c1. The Morgan fingerprint density at radius 2 is 1.32 bits per heavy atom. The number of carbonyl (C=O) groups is 1. The summed E-state index contributed by atoms with van der Waals surface area (Å²) in [4.78, 5) is 21.2. The quantitative estimate of drug-likeness (QED) is 0.476. The predicted octanol–water partition coefficient (Wildman–Crippen LogP) is 5.06. The lowest BCUT2D eigenvalue weighted by Gasteiger charge is -2.12. The zero-order chi connectivity index (χ0) is 21.8. The van der Waals surface area contributed by atoms with Crippen molar-refractivity contribution in [3.63, 3.8) is 0 Å². The van der Waals surface area contributed by atoms with Gasteiger partial charge in [0.1, 0.15) is 11.6 Å². The minimum atomic E-state index is -0.348. The number of halogens is 2. The molecule has 156 valence electrons. The minimum Gasteiger partial charge on any atom is -0.338 e. The monoisotopic (exact) mass is 418 g/mol. The average Bonchev–Trinajstić information content (AvgIpc) is 2.78. The van der Waals surface area contributed by atoms with Crippen LogP contribution in [0, 0.1) is 11.6 Å². The van der Waals surface area contributed by atoms with E-state index >= 15 is 0 Å². The highest BCUT2D eigenvalue weighted by Crippen LogP contribution is 2.31. The number of rotatable bonds is 5. The van der Waals surface area contributed by atoms with E-state index in [1.165, 1.54) is 24.3 Å². The van der Waals surface area contributed by atoms with E-state index < -0.39 is 0 Å². The summed E-state index contributed by atoms with van der Waals surface area (Å²) >= 11 is 0.